The van der Waals surface area contributed by atoms with Gasteiger partial charge in [-0.2, -0.15) is 0 Å². The number of anilines is 1. The number of carbonyl (C=O) groups excluding carboxylic acids is 2. The molecule has 1 amide bonds. The van der Waals surface area contributed by atoms with Crippen LogP contribution in [0.1, 0.15) is 18.1 Å². The zero-order valence-corrected chi connectivity index (χ0v) is 17.7. The van der Waals surface area contributed by atoms with E-state index >= 15 is 0 Å². The number of benzene rings is 3. The highest BCUT2D eigenvalue weighted by Crippen LogP contribution is 2.19. The summed E-state index contributed by atoms with van der Waals surface area (Å²) in [6.07, 6.45) is 0.967. The number of fused-ring (bicyclic) bond motifs is 1. The van der Waals surface area contributed by atoms with Crippen molar-refractivity contribution in [3.8, 4) is 5.75 Å². The van der Waals surface area contributed by atoms with Gasteiger partial charge < -0.3 is 19.8 Å². The standard InChI is InChI=1S/C26H24N2O4/c1-18(32-25(29)15-20-16-27-24-10-6-5-9-23(20)24)26(30)28-21-11-13-22(14-12-21)31-17-19-7-3-2-4-8-19/h2-14,16,18,27H,15,17H2,1H3,(H,28,30). The normalized spacial score (nSPS) is 11.7. The molecule has 0 saturated carbocycles. The van der Waals surface area contributed by atoms with Gasteiger partial charge in [0.15, 0.2) is 6.10 Å². The van der Waals surface area contributed by atoms with Gasteiger partial charge in [-0.15, -0.1) is 0 Å². The zero-order chi connectivity index (χ0) is 22.3. The maximum absolute atomic E-state index is 12.4. The Morgan fingerprint density at radius 2 is 1.66 bits per heavy atom. The molecule has 1 unspecified atom stereocenters. The third kappa shape index (κ3) is 5.35. The van der Waals surface area contributed by atoms with E-state index < -0.39 is 18.0 Å². The summed E-state index contributed by atoms with van der Waals surface area (Å²) in [5, 5.41) is 3.73. The molecule has 0 spiro atoms. The molecule has 2 N–H and O–H groups in total. The number of aromatic amines is 1. The minimum Gasteiger partial charge on any atom is -0.489 e. The van der Waals surface area contributed by atoms with Crippen LogP contribution in [-0.2, 0) is 27.4 Å². The molecule has 4 aromatic rings. The molecule has 162 valence electrons. The van der Waals surface area contributed by atoms with Gasteiger partial charge in [-0.05, 0) is 48.4 Å². The monoisotopic (exact) mass is 428 g/mol. The SMILES string of the molecule is CC(OC(=O)Cc1c[nH]c2ccccc12)C(=O)Nc1ccc(OCc2ccccc2)cc1. The van der Waals surface area contributed by atoms with Crippen LogP contribution in [0.4, 0.5) is 5.69 Å². The van der Waals surface area contributed by atoms with Crippen molar-refractivity contribution in [1.29, 1.82) is 0 Å². The number of ether oxygens (including phenoxy) is 2. The van der Waals surface area contributed by atoms with Crippen LogP contribution in [0.25, 0.3) is 10.9 Å². The largest absolute Gasteiger partial charge is 0.489 e. The minimum atomic E-state index is -0.915. The second-order valence-corrected chi connectivity index (χ2v) is 7.46. The number of aromatic nitrogens is 1. The average Bonchev–Trinajstić information content (AvgIpc) is 3.22. The number of carbonyl (C=O) groups is 2. The summed E-state index contributed by atoms with van der Waals surface area (Å²) in [5.41, 5.74) is 3.47. The van der Waals surface area contributed by atoms with Gasteiger partial charge in [-0.1, -0.05) is 48.5 Å². The maximum Gasteiger partial charge on any atom is 0.311 e. The number of hydrogen-bond donors (Lipinski definition) is 2. The van der Waals surface area contributed by atoms with E-state index in [1.807, 2.05) is 54.6 Å². The molecule has 0 aliphatic heterocycles. The minimum absolute atomic E-state index is 0.0923. The van der Waals surface area contributed by atoms with Crippen molar-refractivity contribution in [3.05, 3.63) is 96.2 Å². The Morgan fingerprint density at radius 1 is 0.938 bits per heavy atom. The van der Waals surface area contributed by atoms with Crippen LogP contribution in [0.5, 0.6) is 5.75 Å². The molecule has 0 radical (unpaired) electrons. The highest BCUT2D eigenvalue weighted by atomic mass is 16.5. The van der Waals surface area contributed by atoms with Crippen molar-refractivity contribution in [2.45, 2.75) is 26.1 Å². The summed E-state index contributed by atoms with van der Waals surface area (Å²) in [6.45, 7) is 2.02. The number of hydrogen-bond acceptors (Lipinski definition) is 4. The van der Waals surface area contributed by atoms with Gasteiger partial charge in [0.05, 0.1) is 6.42 Å². The Balaban J connectivity index is 1.27. The molecule has 0 aliphatic rings. The van der Waals surface area contributed by atoms with Gasteiger partial charge in [-0.3, -0.25) is 9.59 Å². The molecule has 4 rings (SSSR count). The molecule has 3 aromatic carbocycles. The van der Waals surface area contributed by atoms with Crippen LogP contribution in [-0.4, -0.2) is 23.0 Å². The van der Waals surface area contributed by atoms with E-state index in [0.717, 1.165) is 22.0 Å². The fourth-order valence-electron chi connectivity index (χ4n) is 3.35. The Bertz CT molecular complexity index is 1200. The molecule has 0 saturated heterocycles. The van der Waals surface area contributed by atoms with Crippen molar-refractivity contribution in [2.24, 2.45) is 0 Å². The summed E-state index contributed by atoms with van der Waals surface area (Å²) in [6, 6.07) is 24.7. The zero-order valence-electron chi connectivity index (χ0n) is 17.7. The number of amides is 1. The van der Waals surface area contributed by atoms with Crippen molar-refractivity contribution in [2.75, 3.05) is 5.32 Å². The van der Waals surface area contributed by atoms with E-state index in [1.54, 1.807) is 37.4 Å². The van der Waals surface area contributed by atoms with Crippen LogP contribution >= 0.6 is 0 Å². The first kappa shape index (κ1) is 21.2. The predicted molar refractivity (Wildman–Crippen MR) is 123 cm³/mol. The van der Waals surface area contributed by atoms with Crippen LogP contribution in [0.15, 0.2) is 85.1 Å². The lowest BCUT2D eigenvalue weighted by Gasteiger charge is -2.14. The summed E-state index contributed by atoms with van der Waals surface area (Å²) in [4.78, 5) is 27.9. The second kappa shape index (κ2) is 9.83. The fraction of sp³-hybridized carbons (Fsp3) is 0.154. The Labute approximate surface area is 186 Å². The fourth-order valence-corrected chi connectivity index (χ4v) is 3.35. The van der Waals surface area contributed by atoms with Gasteiger partial charge in [0.1, 0.15) is 12.4 Å². The summed E-state index contributed by atoms with van der Waals surface area (Å²) >= 11 is 0. The Hall–Kier alpha value is -4.06. The van der Waals surface area contributed by atoms with Gasteiger partial charge >= 0.3 is 5.97 Å². The molecule has 0 fully saturated rings. The summed E-state index contributed by atoms with van der Waals surface area (Å²) in [7, 11) is 0. The smallest absolute Gasteiger partial charge is 0.311 e. The van der Waals surface area contributed by atoms with Gasteiger partial charge in [0, 0.05) is 22.8 Å². The Morgan fingerprint density at radius 3 is 2.44 bits per heavy atom. The molecule has 0 bridgehead atoms. The highest BCUT2D eigenvalue weighted by molar-refractivity contribution is 5.95. The van der Waals surface area contributed by atoms with E-state index in [0.29, 0.717) is 18.0 Å². The van der Waals surface area contributed by atoms with Crippen LogP contribution < -0.4 is 10.1 Å². The third-order valence-corrected chi connectivity index (χ3v) is 5.06. The predicted octanol–water partition coefficient (Wildman–Crippen LogP) is 4.86. The van der Waals surface area contributed by atoms with E-state index in [9.17, 15) is 9.59 Å². The van der Waals surface area contributed by atoms with Crippen LogP contribution in [0, 0.1) is 0 Å². The molecule has 1 aromatic heterocycles. The second-order valence-electron chi connectivity index (χ2n) is 7.46. The molecule has 0 aliphatic carbocycles. The summed E-state index contributed by atoms with van der Waals surface area (Å²) in [5.74, 6) is -0.151. The van der Waals surface area contributed by atoms with Crippen molar-refractivity contribution < 1.29 is 19.1 Å². The first-order valence-corrected chi connectivity index (χ1v) is 10.4. The quantitative estimate of drug-likeness (QED) is 0.393. The van der Waals surface area contributed by atoms with E-state index in [4.69, 9.17) is 9.47 Å². The highest BCUT2D eigenvalue weighted by Gasteiger charge is 2.19. The van der Waals surface area contributed by atoms with Gasteiger partial charge in [-0.25, -0.2) is 0 Å². The average molecular weight is 428 g/mol. The molecule has 6 nitrogen and oxygen atoms in total. The topological polar surface area (TPSA) is 80.4 Å². The van der Waals surface area contributed by atoms with Crippen molar-refractivity contribution in [3.63, 3.8) is 0 Å². The lowest BCUT2D eigenvalue weighted by molar-refractivity contribution is -0.152. The van der Waals surface area contributed by atoms with Crippen molar-refractivity contribution >= 4 is 28.5 Å². The molecule has 32 heavy (non-hydrogen) atoms. The third-order valence-electron chi connectivity index (χ3n) is 5.06. The molecule has 6 heteroatoms. The number of H-pyrrole nitrogens is 1. The molecular formula is C26H24N2O4. The molecular weight excluding hydrogens is 404 g/mol. The number of nitrogens with one attached hydrogen (secondary N) is 2. The number of para-hydroxylation sites is 1. The Kier molecular flexibility index (Phi) is 6.51. The number of esters is 1. The lowest BCUT2D eigenvalue weighted by atomic mass is 10.1. The van der Waals surface area contributed by atoms with E-state index in [1.165, 1.54) is 0 Å². The van der Waals surface area contributed by atoms with Crippen LogP contribution in [0.2, 0.25) is 0 Å². The van der Waals surface area contributed by atoms with Gasteiger partial charge in [0.25, 0.3) is 5.91 Å². The van der Waals surface area contributed by atoms with Crippen molar-refractivity contribution in [1.82, 2.24) is 4.98 Å². The lowest BCUT2D eigenvalue weighted by Crippen LogP contribution is -2.30. The van der Waals surface area contributed by atoms with E-state index in [-0.39, 0.29) is 6.42 Å². The first-order valence-electron chi connectivity index (χ1n) is 10.4. The van der Waals surface area contributed by atoms with Gasteiger partial charge in [0.2, 0.25) is 0 Å². The van der Waals surface area contributed by atoms with E-state index in [2.05, 4.69) is 10.3 Å². The van der Waals surface area contributed by atoms with Crippen LogP contribution in [0.3, 0.4) is 0 Å². The first-order chi connectivity index (χ1) is 15.6. The summed E-state index contributed by atoms with van der Waals surface area (Å²) < 4.78 is 11.1. The number of rotatable bonds is 8. The molecule has 1 heterocycles. The maximum atomic E-state index is 12.4. The molecule has 1 atom stereocenters.